The number of rotatable bonds is 1. The number of allylic oxidation sites excluding steroid dienone is 6. The summed E-state index contributed by atoms with van der Waals surface area (Å²) in [7, 11) is 0. The van der Waals surface area contributed by atoms with Gasteiger partial charge in [0.2, 0.25) is 0 Å². The van der Waals surface area contributed by atoms with Gasteiger partial charge in [-0.1, -0.05) is 37.6 Å². The monoisotopic (exact) mass is 174 g/mol. The van der Waals surface area contributed by atoms with Crippen molar-refractivity contribution >= 4 is 0 Å². The van der Waals surface area contributed by atoms with Gasteiger partial charge in [0.25, 0.3) is 0 Å². The van der Waals surface area contributed by atoms with Crippen LogP contribution in [-0.4, -0.2) is 0 Å². The Balaban J connectivity index is 2.34. The molecule has 0 aromatic rings. The molecule has 0 unspecified atom stereocenters. The molecular formula is C13H18. The Bertz CT molecular complexity index is 283. The lowest BCUT2D eigenvalue weighted by Gasteiger charge is -2.24. The van der Waals surface area contributed by atoms with E-state index in [9.17, 15) is 0 Å². The highest BCUT2D eigenvalue weighted by atomic mass is 14.2. The van der Waals surface area contributed by atoms with Crippen LogP contribution in [0, 0.1) is 5.92 Å². The van der Waals surface area contributed by atoms with Crippen molar-refractivity contribution in [2.75, 3.05) is 0 Å². The minimum atomic E-state index is 0.688. The Morgan fingerprint density at radius 3 is 2.69 bits per heavy atom. The third-order valence-electron chi connectivity index (χ3n) is 3.02. The molecule has 0 aliphatic heterocycles. The van der Waals surface area contributed by atoms with Crippen molar-refractivity contribution in [3.8, 4) is 0 Å². The summed E-state index contributed by atoms with van der Waals surface area (Å²) in [5.74, 6) is 0.688. The van der Waals surface area contributed by atoms with Crippen LogP contribution >= 0.6 is 0 Å². The van der Waals surface area contributed by atoms with Crippen LogP contribution in [0.25, 0.3) is 0 Å². The average Bonchev–Trinajstić information content (AvgIpc) is 2.17. The standard InChI is InChI=1S/C13H18/c1-10(2)12-9-5-7-11-6-3-4-8-13(11)12/h4,8-10H,3,5-7H2,1-2H3. The Morgan fingerprint density at radius 2 is 1.92 bits per heavy atom. The largest absolute Gasteiger partial charge is 0.0836 e. The molecule has 2 rings (SSSR count). The molecule has 0 nitrogen and oxygen atoms in total. The lowest BCUT2D eigenvalue weighted by atomic mass is 9.81. The van der Waals surface area contributed by atoms with E-state index in [1.165, 1.54) is 25.7 Å². The smallest absolute Gasteiger partial charge is 0.0216 e. The molecule has 0 saturated heterocycles. The third kappa shape index (κ3) is 1.63. The predicted molar refractivity (Wildman–Crippen MR) is 57.6 cm³/mol. The molecule has 0 N–H and O–H groups in total. The third-order valence-corrected chi connectivity index (χ3v) is 3.02. The van der Waals surface area contributed by atoms with Crippen LogP contribution in [0.3, 0.4) is 0 Å². The second-order valence-electron chi connectivity index (χ2n) is 4.31. The molecule has 0 bridgehead atoms. The van der Waals surface area contributed by atoms with Crippen molar-refractivity contribution in [3.63, 3.8) is 0 Å². The fourth-order valence-electron chi connectivity index (χ4n) is 2.33. The van der Waals surface area contributed by atoms with Crippen LogP contribution in [-0.2, 0) is 0 Å². The molecule has 0 atom stereocenters. The van der Waals surface area contributed by atoms with Crippen molar-refractivity contribution in [1.82, 2.24) is 0 Å². The van der Waals surface area contributed by atoms with E-state index in [2.05, 4.69) is 32.1 Å². The van der Waals surface area contributed by atoms with Gasteiger partial charge in [-0.15, -0.1) is 0 Å². The van der Waals surface area contributed by atoms with Gasteiger partial charge >= 0.3 is 0 Å². The highest BCUT2D eigenvalue weighted by molar-refractivity contribution is 5.48. The van der Waals surface area contributed by atoms with Gasteiger partial charge in [0.15, 0.2) is 0 Å². The van der Waals surface area contributed by atoms with Gasteiger partial charge in [0.1, 0.15) is 0 Å². The zero-order valence-corrected chi connectivity index (χ0v) is 8.64. The van der Waals surface area contributed by atoms with E-state index >= 15 is 0 Å². The summed E-state index contributed by atoms with van der Waals surface area (Å²) in [6, 6.07) is 0. The van der Waals surface area contributed by atoms with Crippen LogP contribution < -0.4 is 0 Å². The van der Waals surface area contributed by atoms with Crippen LogP contribution in [0.4, 0.5) is 0 Å². The molecule has 0 amide bonds. The summed E-state index contributed by atoms with van der Waals surface area (Å²) < 4.78 is 0. The molecule has 0 heteroatoms. The van der Waals surface area contributed by atoms with E-state index in [-0.39, 0.29) is 0 Å². The van der Waals surface area contributed by atoms with Crippen molar-refractivity contribution in [2.24, 2.45) is 5.92 Å². The van der Waals surface area contributed by atoms with Gasteiger partial charge in [-0.25, -0.2) is 0 Å². The molecule has 0 aromatic carbocycles. The summed E-state index contributed by atoms with van der Waals surface area (Å²) in [5, 5.41) is 0. The first-order valence-corrected chi connectivity index (χ1v) is 5.38. The van der Waals surface area contributed by atoms with E-state index in [0.29, 0.717) is 5.92 Å². The fourth-order valence-corrected chi connectivity index (χ4v) is 2.33. The first-order valence-electron chi connectivity index (χ1n) is 5.38. The summed E-state index contributed by atoms with van der Waals surface area (Å²) in [6.07, 6.45) is 12.2. The van der Waals surface area contributed by atoms with Crippen LogP contribution in [0.2, 0.25) is 0 Å². The van der Waals surface area contributed by atoms with Gasteiger partial charge in [0.05, 0.1) is 0 Å². The maximum atomic E-state index is 2.43. The molecule has 0 aromatic heterocycles. The van der Waals surface area contributed by atoms with Crippen molar-refractivity contribution < 1.29 is 0 Å². The predicted octanol–water partition coefficient (Wildman–Crippen LogP) is 4.01. The summed E-state index contributed by atoms with van der Waals surface area (Å²) >= 11 is 0. The molecular weight excluding hydrogens is 156 g/mol. The molecule has 2 aliphatic carbocycles. The van der Waals surface area contributed by atoms with E-state index < -0.39 is 0 Å². The Morgan fingerprint density at radius 1 is 1.15 bits per heavy atom. The van der Waals surface area contributed by atoms with E-state index in [4.69, 9.17) is 0 Å². The summed E-state index contributed by atoms with van der Waals surface area (Å²) in [6.45, 7) is 4.59. The van der Waals surface area contributed by atoms with Crippen molar-refractivity contribution in [2.45, 2.75) is 39.5 Å². The topological polar surface area (TPSA) is 0 Å². The quantitative estimate of drug-likeness (QED) is 0.563. The minimum absolute atomic E-state index is 0.688. The maximum absolute atomic E-state index is 2.43. The summed E-state index contributed by atoms with van der Waals surface area (Å²) in [5.41, 5.74) is 4.85. The zero-order valence-electron chi connectivity index (χ0n) is 8.64. The Hall–Kier alpha value is -0.780. The van der Waals surface area contributed by atoms with E-state index in [1.807, 2.05) is 0 Å². The average molecular weight is 174 g/mol. The van der Waals surface area contributed by atoms with Gasteiger partial charge in [0, 0.05) is 0 Å². The fraction of sp³-hybridized carbons (Fsp3) is 0.538. The molecule has 0 spiro atoms. The molecule has 0 radical (unpaired) electrons. The molecule has 0 fully saturated rings. The van der Waals surface area contributed by atoms with Crippen molar-refractivity contribution in [3.05, 3.63) is 34.9 Å². The molecule has 0 saturated carbocycles. The minimum Gasteiger partial charge on any atom is -0.0836 e. The Labute approximate surface area is 81.0 Å². The normalized spacial score (nSPS) is 21.9. The van der Waals surface area contributed by atoms with Gasteiger partial charge < -0.3 is 0 Å². The van der Waals surface area contributed by atoms with Crippen LogP contribution in [0.1, 0.15) is 39.5 Å². The first kappa shape index (κ1) is 8.80. The Kier molecular flexibility index (Phi) is 2.39. The first-order chi connectivity index (χ1) is 6.29. The lowest BCUT2D eigenvalue weighted by molar-refractivity contribution is 0.730. The number of hydrogen-bond acceptors (Lipinski definition) is 0. The molecule has 2 aliphatic rings. The highest BCUT2D eigenvalue weighted by Gasteiger charge is 2.17. The second-order valence-corrected chi connectivity index (χ2v) is 4.31. The van der Waals surface area contributed by atoms with Gasteiger partial charge in [-0.2, -0.15) is 0 Å². The molecule has 0 heterocycles. The number of hydrogen-bond donors (Lipinski definition) is 0. The van der Waals surface area contributed by atoms with Gasteiger partial charge in [-0.05, 0) is 42.7 Å². The SMILES string of the molecule is CC(C)C1=CCCC2=C1C=CCC2. The highest BCUT2D eigenvalue weighted by Crippen LogP contribution is 2.35. The lowest BCUT2D eigenvalue weighted by Crippen LogP contribution is -2.07. The van der Waals surface area contributed by atoms with Gasteiger partial charge in [-0.3, -0.25) is 0 Å². The zero-order chi connectivity index (χ0) is 9.26. The molecule has 13 heavy (non-hydrogen) atoms. The van der Waals surface area contributed by atoms with E-state index in [0.717, 1.165) is 0 Å². The summed E-state index contributed by atoms with van der Waals surface area (Å²) in [4.78, 5) is 0. The van der Waals surface area contributed by atoms with Crippen LogP contribution in [0.15, 0.2) is 34.9 Å². The van der Waals surface area contributed by atoms with Crippen molar-refractivity contribution in [1.29, 1.82) is 0 Å². The van der Waals surface area contributed by atoms with Crippen LogP contribution in [0.5, 0.6) is 0 Å². The maximum Gasteiger partial charge on any atom is -0.0216 e. The second kappa shape index (κ2) is 3.53. The van der Waals surface area contributed by atoms with E-state index in [1.54, 1.807) is 16.7 Å². The molecule has 70 valence electrons.